The van der Waals surface area contributed by atoms with E-state index >= 15 is 0 Å². The summed E-state index contributed by atoms with van der Waals surface area (Å²) >= 11 is 0. The van der Waals surface area contributed by atoms with Crippen molar-refractivity contribution in [3.05, 3.63) is 41.7 Å². The summed E-state index contributed by atoms with van der Waals surface area (Å²) in [5, 5.41) is 4.36. The van der Waals surface area contributed by atoms with Gasteiger partial charge in [-0.25, -0.2) is 0 Å². The minimum atomic E-state index is 0.0653. The van der Waals surface area contributed by atoms with Crippen LogP contribution in [0.2, 0.25) is 0 Å². The number of carbonyl (C=O) groups is 1. The first-order valence-corrected chi connectivity index (χ1v) is 11.0. The normalized spacial score (nSPS) is 18.0. The van der Waals surface area contributed by atoms with Gasteiger partial charge in [0.1, 0.15) is 17.6 Å². The molecule has 3 heterocycles. The van der Waals surface area contributed by atoms with E-state index in [9.17, 15) is 4.79 Å². The highest BCUT2D eigenvalue weighted by atomic mass is 16.5. The van der Waals surface area contributed by atoms with E-state index in [1.54, 1.807) is 7.11 Å². The van der Waals surface area contributed by atoms with Crippen molar-refractivity contribution in [3.8, 4) is 11.5 Å². The molecule has 1 aromatic heterocycles. The zero-order chi connectivity index (χ0) is 20.9. The van der Waals surface area contributed by atoms with Crippen molar-refractivity contribution in [1.82, 2.24) is 19.6 Å². The topological polar surface area (TPSA) is 59.8 Å². The van der Waals surface area contributed by atoms with Crippen molar-refractivity contribution in [1.29, 1.82) is 0 Å². The lowest BCUT2D eigenvalue weighted by molar-refractivity contribution is 0.0764. The Balaban J connectivity index is 1.38. The first-order chi connectivity index (χ1) is 14.7. The molecule has 2 fully saturated rings. The van der Waals surface area contributed by atoms with Crippen molar-refractivity contribution in [2.75, 3.05) is 33.3 Å². The molecule has 0 bridgehead atoms. The van der Waals surface area contributed by atoms with E-state index in [0.29, 0.717) is 17.1 Å². The number of hydrogen-bond donors (Lipinski definition) is 0. The predicted octanol–water partition coefficient (Wildman–Crippen LogP) is 3.19. The van der Waals surface area contributed by atoms with Crippen LogP contribution in [0.25, 0.3) is 0 Å². The summed E-state index contributed by atoms with van der Waals surface area (Å²) in [6, 6.07) is 5.54. The van der Waals surface area contributed by atoms with Gasteiger partial charge < -0.3 is 14.4 Å². The van der Waals surface area contributed by atoms with Crippen LogP contribution >= 0.6 is 0 Å². The summed E-state index contributed by atoms with van der Waals surface area (Å²) in [4.78, 5) is 17.3. The Morgan fingerprint density at radius 2 is 1.93 bits per heavy atom. The largest absolute Gasteiger partial charge is 0.497 e. The number of likely N-dealkylation sites (tertiary alicyclic amines) is 2. The fourth-order valence-corrected chi connectivity index (χ4v) is 4.28. The maximum atomic E-state index is 13.0. The van der Waals surface area contributed by atoms with Crippen LogP contribution in [0, 0.1) is 0 Å². The molecule has 2 aliphatic rings. The van der Waals surface area contributed by atoms with Crippen LogP contribution in [-0.4, -0.2) is 64.9 Å². The fourth-order valence-electron chi connectivity index (χ4n) is 4.28. The third-order valence-electron chi connectivity index (χ3n) is 6.06. The molecule has 1 amide bonds. The van der Waals surface area contributed by atoms with Crippen LogP contribution in [0.1, 0.15) is 48.5 Å². The lowest BCUT2D eigenvalue weighted by Gasteiger charge is -2.32. The Kier molecular flexibility index (Phi) is 6.57. The van der Waals surface area contributed by atoms with Gasteiger partial charge in [0.25, 0.3) is 5.91 Å². The van der Waals surface area contributed by atoms with E-state index in [-0.39, 0.29) is 12.0 Å². The summed E-state index contributed by atoms with van der Waals surface area (Å²) in [5.41, 5.74) is 1.90. The van der Waals surface area contributed by atoms with Crippen LogP contribution in [0.4, 0.5) is 0 Å². The van der Waals surface area contributed by atoms with Crippen LogP contribution < -0.4 is 9.47 Å². The third-order valence-corrected chi connectivity index (χ3v) is 6.06. The van der Waals surface area contributed by atoms with Crippen molar-refractivity contribution in [2.24, 2.45) is 0 Å². The van der Waals surface area contributed by atoms with Gasteiger partial charge in [0.15, 0.2) is 0 Å². The number of rotatable bonds is 7. The molecule has 1 aromatic carbocycles. The van der Waals surface area contributed by atoms with Gasteiger partial charge in [-0.05, 0) is 44.7 Å². The second kappa shape index (κ2) is 9.51. The summed E-state index contributed by atoms with van der Waals surface area (Å²) < 4.78 is 13.7. The van der Waals surface area contributed by atoms with E-state index in [1.807, 2.05) is 34.0 Å². The number of aromatic nitrogens is 2. The van der Waals surface area contributed by atoms with Crippen molar-refractivity contribution in [3.63, 3.8) is 0 Å². The number of hydrogen-bond acceptors (Lipinski definition) is 5. The first-order valence-electron chi connectivity index (χ1n) is 11.0. The Bertz CT molecular complexity index is 852. The smallest absolute Gasteiger partial charge is 0.257 e. The number of amides is 1. The summed E-state index contributed by atoms with van der Waals surface area (Å²) in [6.45, 7) is 7.53. The van der Waals surface area contributed by atoms with Gasteiger partial charge in [-0.15, -0.1) is 0 Å². The highest BCUT2D eigenvalue weighted by molar-refractivity contribution is 5.97. The molecule has 7 nitrogen and oxygen atoms in total. The van der Waals surface area contributed by atoms with Crippen molar-refractivity contribution >= 4 is 5.91 Å². The maximum Gasteiger partial charge on any atom is 0.257 e. The minimum Gasteiger partial charge on any atom is -0.497 e. The first kappa shape index (κ1) is 20.7. The number of benzene rings is 1. The molecule has 0 aliphatic carbocycles. The third kappa shape index (κ3) is 4.78. The second-order valence-electron chi connectivity index (χ2n) is 8.16. The zero-order valence-corrected chi connectivity index (χ0v) is 18.0. The quantitative estimate of drug-likeness (QED) is 0.699. The fraction of sp³-hybridized carbons (Fsp3) is 0.565. The Labute approximate surface area is 178 Å². The molecule has 0 saturated carbocycles. The van der Waals surface area contributed by atoms with E-state index in [4.69, 9.17) is 9.47 Å². The Morgan fingerprint density at radius 3 is 2.60 bits per heavy atom. The second-order valence-corrected chi connectivity index (χ2v) is 8.16. The van der Waals surface area contributed by atoms with E-state index in [2.05, 4.69) is 23.1 Å². The number of aryl methyl sites for hydroxylation is 1. The van der Waals surface area contributed by atoms with Crippen LogP contribution in [0.3, 0.4) is 0 Å². The van der Waals surface area contributed by atoms with Crippen molar-refractivity contribution in [2.45, 2.75) is 51.8 Å². The van der Waals surface area contributed by atoms with Gasteiger partial charge in [0.2, 0.25) is 0 Å². The number of nitrogens with zero attached hydrogens (tertiary/aromatic N) is 4. The lowest BCUT2D eigenvalue weighted by Crippen LogP contribution is -2.38. The molecule has 2 aliphatic heterocycles. The molecule has 4 rings (SSSR count). The molecule has 0 spiro atoms. The highest BCUT2D eigenvalue weighted by Crippen LogP contribution is 2.30. The van der Waals surface area contributed by atoms with Gasteiger partial charge in [-0.1, -0.05) is 0 Å². The number of carbonyl (C=O) groups excluding carboxylic acids is 1. The molecule has 7 heteroatoms. The maximum absolute atomic E-state index is 13.0. The van der Waals surface area contributed by atoms with Gasteiger partial charge in [-0.2, -0.15) is 5.10 Å². The molecular weight excluding hydrogens is 380 g/mol. The monoisotopic (exact) mass is 412 g/mol. The molecule has 0 unspecified atom stereocenters. The predicted molar refractivity (Wildman–Crippen MR) is 115 cm³/mol. The van der Waals surface area contributed by atoms with Crippen LogP contribution in [-0.2, 0) is 13.1 Å². The van der Waals surface area contributed by atoms with Crippen LogP contribution in [0.5, 0.6) is 11.5 Å². The van der Waals surface area contributed by atoms with E-state index in [0.717, 1.165) is 65.0 Å². The Morgan fingerprint density at radius 1 is 1.17 bits per heavy atom. The van der Waals surface area contributed by atoms with Crippen molar-refractivity contribution < 1.29 is 14.3 Å². The standard InChI is InChI=1S/C23H32N4O3/c1-3-27-17-18(15-24-27)16-25-12-8-19(9-13-25)30-22-14-20(29-2)6-7-21(22)23(28)26-10-4-5-11-26/h6-7,14-15,17,19H,3-5,8-13,16H2,1-2H3. The molecule has 0 radical (unpaired) electrons. The average molecular weight is 413 g/mol. The molecule has 0 N–H and O–H groups in total. The summed E-state index contributed by atoms with van der Waals surface area (Å²) in [6.07, 6.45) is 8.22. The number of ether oxygens (including phenoxy) is 2. The summed E-state index contributed by atoms with van der Waals surface area (Å²) in [7, 11) is 1.64. The number of methoxy groups -OCH3 is 1. The molecule has 30 heavy (non-hydrogen) atoms. The van der Waals surface area contributed by atoms with Gasteiger partial charge in [0.05, 0.1) is 18.9 Å². The summed E-state index contributed by atoms with van der Waals surface area (Å²) in [5.74, 6) is 1.43. The van der Waals surface area contributed by atoms with Gasteiger partial charge >= 0.3 is 0 Å². The molecule has 2 saturated heterocycles. The van der Waals surface area contributed by atoms with Crippen LogP contribution in [0.15, 0.2) is 30.6 Å². The molecule has 162 valence electrons. The molecule has 0 atom stereocenters. The Hall–Kier alpha value is -2.54. The van der Waals surface area contributed by atoms with Gasteiger partial charge in [0, 0.05) is 57.1 Å². The van der Waals surface area contributed by atoms with E-state index < -0.39 is 0 Å². The lowest BCUT2D eigenvalue weighted by atomic mass is 10.1. The van der Waals surface area contributed by atoms with Gasteiger partial charge in [-0.3, -0.25) is 14.4 Å². The minimum absolute atomic E-state index is 0.0653. The number of piperidine rings is 1. The van der Waals surface area contributed by atoms with E-state index in [1.165, 1.54) is 5.56 Å². The molecule has 2 aromatic rings. The average Bonchev–Trinajstić information content (AvgIpc) is 3.47. The molecular formula is C23H32N4O3. The zero-order valence-electron chi connectivity index (χ0n) is 18.0. The SMILES string of the molecule is CCn1cc(CN2CCC(Oc3cc(OC)ccc3C(=O)N3CCCC3)CC2)cn1. The highest BCUT2D eigenvalue weighted by Gasteiger charge is 2.26.